The highest BCUT2D eigenvalue weighted by Gasteiger charge is 2.20. The molecular formula is C23H19FN2O2S2. The minimum Gasteiger partial charge on any atom is -0.279 e. The van der Waals surface area contributed by atoms with Gasteiger partial charge in [0.15, 0.2) is 0 Å². The van der Waals surface area contributed by atoms with E-state index in [1.807, 2.05) is 19.1 Å². The van der Waals surface area contributed by atoms with Crippen molar-refractivity contribution in [1.29, 1.82) is 0 Å². The number of sulfonamides is 1. The standard InChI is InChI=1S/C23H19FN2O2S2/c1-15-11-12-22(16(2)13-15)30(27,28)26-20-10-6-4-8-18(20)21-14-29-23(25-21)17-7-3-5-9-19(17)24/h3-14,26H,1-2H3. The summed E-state index contributed by atoms with van der Waals surface area (Å²) >= 11 is 1.31. The van der Waals surface area contributed by atoms with E-state index in [0.29, 0.717) is 33.1 Å². The zero-order chi connectivity index (χ0) is 21.3. The van der Waals surface area contributed by atoms with Crippen LogP contribution in [0.3, 0.4) is 0 Å². The topological polar surface area (TPSA) is 59.1 Å². The molecule has 4 rings (SSSR count). The van der Waals surface area contributed by atoms with Gasteiger partial charge in [0, 0.05) is 16.5 Å². The lowest BCUT2D eigenvalue weighted by Crippen LogP contribution is -2.15. The SMILES string of the molecule is Cc1ccc(S(=O)(=O)Nc2ccccc2-c2csc(-c3ccccc3F)n2)c(C)c1. The van der Waals surface area contributed by atoms with Crippen molar-refractivity contribution in [2.75, 3.05) is 4.72 Å². The lowest BCUT2D eigenvalue weighted by atomic mass is 10.1. The number of hydrogen-bond acceptors (Lipinski definition) is 4. The average Bonchev–Trinajstić information content (AvgIpc) is 3.18. The summed E-state index contributed by atoms with van der Waals surface area (Å²) in [5.74, 6) is -0.345. The lowest BCUT2D eigenvalue weighted by molar-refractivity contribution is 0.600. The van der Waals surface area contributed by atoms with Gasteiger partial charge >= 0.3 is 0 Å². The van der Waals surface area contributed by atoms with Crippen molar-refractivity contribution in [2.45, 2.75) is 18.7 Å². The molecule has 30 heavy (non-hydrogen) atoms. The number of anilines is 1. The molecule has 4 nitrogen and oxygen atoms in total. The number of aromatic nitrogens is 1. The first-order chi connectivity index (χ1) is 14.3. The van der Waals surface area contributed by atoms with Crippen LogP contribution in [0.1, 0.15) is 11.1 Å². The molecule has 1 N–H and O–H groups in total. The normalized spacial score (nSPS) is 11.4. The Kier molecular flexibility index (Phi) is 5.40. The second kappa shape index (κ2) is 8.01. The first-order valence-corrected chi connectivity index (χ1v) is 11.6. The van der Waals surface area contributed by atoms with Crippen LogP contribution in [0.25, 0.3) is 21.8 Å². The number of para-hydroxylation sites is 1. The fourth-order valence-electron chi connectivity index (χ4n) is 3.25. The summed E-state index contributed by atoms with van der Waals surface area (Å²) in [7, 11) is -3.78. The van der Waals surface area contributed by atoms with Gasteiger partial charge in [0.05, 0.1) is 16.3 Å². The molecule has 0 aliphatic carbocycles. The number of hydrogen-bond donors (Lipinski definition) is 1. The summed E-state index contributed by atoms with van der Waals surface area (Å²) in [6.07, 6.45) is 0. The van der Waals surface area contributed by atoms with E-state index in [4.69, 9.17) is 0 Å². The van der Waals surface area contributed by atoms with Gasteiger partial charge in [-0.05, 0) is 43.7 Å². The van der Waals surface area contributed by atoms with Gasteiger partial charge in [0.2, 0.25) is 0 Å². The molecule has 0 bridgehead atoms. The van der Waals surface area contributed by atoms with Crippen molar-refractivity contribution in [3.8, 4) is 21.8 Å². The Labute approximate surface area is 179 Å². The van der Waals surface area contributed by atoms with E-state index in [-0.39, 0.29) is 10.7 Å². The maximum Gasteiger partial charge on any atom is 0.262 e. The number of nitrogens with zero attached hydrogens (tertiary/aromatic N) is 1. The number of benzene rings is 3. The minimum atomic E-state index is -3.78. The van der Waals surface area contributed by atoms with Crippen LogP contribution in [0.4, 0.5) is 10.1 Å². The largest absolute Gasteiger partial charge is 0.279 e. The zero-order valence-electron chi connectivity index (χ0n) is 16.4. The van der Waals surface area contributed by atoms with E-state index in [1.165, 1.54) is 17.4 Å². The van der Waals surface area contributed by atoms with Gasteiger partial charge in [0.25, 0.3) is 10.0 Å². The van der Waals surface area contributed by atoms with Gasteiger partial charge in [-0.3, -0.25) is 4.72 Å². The first-order valence-electron chi connectivity index (χ1n) is 9.25. The molecule has 4 aromatic rings. The van der Waals surface area contributed by atoms with E-state index in [1.54, 1.807) is 60.8 Å². The molecule has 0 saturated carbocycles. The van der Waals surface area contributed by atoms with Crippen molar-refractivity contribution in [3.05, 3.63) is 89.1 Å². The molecule has 1 aromatic heterocycles. The molecule has 0 aliphatic heterocycles. The maximum atomic E-state index is 14.1. The fourth-order valence-corrected chi connectivity index (χ4v) is 5.41. The number of aryl methyl sites for hydroxylation is 2. The van der Waals surface area contributed by atoms with Gasteiger partial charge in [0.1, 0.15) is 10.8 Å². The predicted molar refractivity (Wildman–Crippen MR) is 120 cm³/mol. The average molecular weight is 439 g/mol. The molecule has 7 heteroatoms. The Balaban J connectivity index is 1.71. The van der Waals surface area contributed by atoms with Crippen LogP contribution in [-0.2, 0) is 10.0 Å². The molecule has 3 aromatic carbocycles. The van der Waals surface area contributed by atoms with Crippen molar-refractivity contribution in [2.24, 2.45) is 0 Å². The lowest BCUT2D eigenvalue weighted by Gasteiger charge is -2.13. The van der Waals surface area contributed by atoms with Crippen LogP contribution >= 0.6 is 11.3 Å². The molecular weight excluding hydrogens is 419 g/mol. The Hall–Kier alpha value is -3.03. The summed E-state index contributed by atoms with van der Waals surface area (Å²) in [6, 6.07) is 18.7. The Bertz CT molecular complexity index is 1330. The highest BCUT2D eigenvalue weighted by Crippen LogP contribution is 2.34. The second-order valence-corrected chi connectivity index (χ2v) is 9.45. The smallest absolute Gasteiger partial charge is 0.262 e. The second-order valence-electron chi connectivity index (χ2n) is 6.94. The number of halogens is 1. The summed E-state index contributed by atoms with van der Waals surface area (Å²) in [4.78, 5) is 4.78. The van der Waals surface area contributed by atoms with Crippen molar-refractivity contribution >= 4 is 27.0 Å². The molecule has 0 atom stereocenters. The maximum absolute atomic E-state index is 14.1. The van der Waals surface area contributed by atoms with Crippen molar-refractivity contribution < 1.29 is 12.8 Å². The molecule has 0 unspecified atom stereocenters. The van der Waals surface area contributed by atoms with Crippen LogP contribution in [-0.4, -0.2) is 13.4 Å². The molecule has 0 aliphatic rings. The van der Waals surface area contributed by atoms with Crippen LogP contribution < -0.4 is 4.72 Å². The van der Waals surface area contributed by atoms with Crippen LogP contribution in [0.2, 0.25) is 0 Å². The molecule has 0 spiro atoms. The monoisotopic (exact) mass is 438 g/mol. The highest BCUT2D eigenvalue weighted by molar-refractivity contribution is 7.92. The minimum absolute atomic E-state index is 0.230. The van der Waals surface area contributed by atoms with Gasteiger partial charge in [-0.15, -0.1) is 11.3 Å². The van der Waals surface area contributed by atoms with Crippen LogP contribution in [0, 0.1) is 19.7 Å². The molecule has 1 heterocycles. The van der Waals surface area contributed by atoms with E-state index in [2.05, 4.69) is 9.71 Å². The third-order valence-electron chi connectivity index (χ3n) is 4.68. The summed E-state index contributed by atoms with van der Waals surface area (Å²) in [6.45, 7) is 3.69. The molecule has 0 saturated heterocycles. The number of thiazole rings is 1. The van der Waals surface area contributed by atoms with Gasteiger partial charge in [-0.25, -0.2) is 17.8 Å². The zero-order valence-corrected chi connectivity index (χ0v) is 18.0. The van der Waals surface area contributed by atoms with Crippen molar-refractivity contribution in [3.63, 3.8) is 0 Å². The molecule has 0 radical (unpaired) electrons. The summed E-state index contributed by atoms with van der Waals surface area (Å²) in [5.41, 5.74) is 3.72. The van der Waals surface area contributed by atoms with Crippen LogP contribution in [0.15, 0.2) is 77.0 Å². The highest BCUT2D eigenvalue weighted by atomic mass is 32.2. The Morgan fingerprint density at radius 3 is 2.37 bits per heavy atom. The van der Waals surface area contributed by atoms with Gasteiger partial charge in [-0.1, -0.05) is 48.0 Å². The molecule has 152 valence electrons. The van der Waals surface area contributed by atoms with Crippen LogP contribution in [0.5, 0.6) is 0 Å². The van der Waals surface area contributed by atoms with E-state index >= 15 is 0 Å². The predicted octanol–water partition coefficient (Wildman–Crippen LogP) is 6.03. The molecule has 0 fully saturated rings. The summed E-state index contributed by atoms with van der Waals surface area (Å²) < 4.78 is 42.8. The molecule has 0 amide bonds. The Morgan fingerprint density at radius 1 is 0.933 bits per heavy atom. The third-order valence-corrected chi connectivity index (χ3v) is 7.08. The Morgan fingerprint density at radius 2 is 1.63 bits per heavy atom. The van der Waals surface area contributed by atoms with E-state index in [9.17, 15) is 12.8 Å². The van der Waals surface area contributed by atoms with Crippen molar-refractivity contribution in [1.82, 2.24) is 4.98 Å². The summed E-state index contributed by atoms with van der Waals surface area (Å²) in [5, 5.41) is 2.33. The van der Waals surface area contributed by atoms with E-state index in [0.717, 1.165) is 5.56 Å². The number of rotatable bonds is 5. The number of nitrogens with one attached hydrogen (secondary N) is 1. The van der Waals surface area contributed by atoms with E-state index < -0.39 is 10.0 Å². The fraction of sp³-hybridized carbons (Fsp3) is 0.0870. The third kappa shape index (κ3) is 3.99. The quantitative estimate of drug-likeness (QED) is 0.414. The van der Waals surface area contributed by atoms with Gasteiger partial charge < -0.3 is 0 Å². The van der Waals surface area contributed by atoms with Gasteiger partial charge in [-0.2, -0.15) is 0 Å². The first kappa shape index (κ1) is 20.3.